The van der Waals surface area contributed by atoms with Gasteiger partial charge in [-0.1, -0.05) is 41.5 Å². The lowest BCUT2D eigenvalue weighted by Gasteiger charge is -2.51. The van der Waals surface area contributed by atoms with Crippen molar-refractivity contribution in [2.45, 2.75) is 96.6 Å². The fourth-order valence-corrected chi connectivity index (χ4v) is 9.29. The van der Waals surface area contributed by atoms with Crippen molar-refractivity contribution >= 4 is 26.2 Å². The molecule has 3 heterocycles. The Morgan fingerprint density at radius 2 is 1.67 bits per heavy atom. The van der Waals surface area contributed by atoms with Crippen molar-refractivity contribution in [1.29, 1.82) is 0 Å². The van der Waals surface area contributed by atoms with Crippen LogP contribution < -0.4 is 0 Å². The number of hydrogen-bond donors (Lipinski definition) is 1. The molecule has 30 heavy (non-hydrogen) atoms. The van der Waals surface area contributed by atoms with Gasteiger partial charge in [0.1, 0.15) is 16.9 Å². The average Bonchev–Trinajstić information content (AvgIpc) is 3.27. The van der Waals surface area contributed by atoms with Crippen molar-refractivity contribution in [2.24, 2.45) is 16.2 Å². The van der Waals surface area contributed by atoms with E-state index in [0.717, 1.165) is 18.1 Å². The van der Waals surface area contributed by atoms with Crippen LogP contribution in [0.5, 0.6) is 0 Å². The number of esters is 3. The van der Waals surface area contributed by atoms with E-state index in [1.54, 1.807) is 0 Å². The predicted molar refractivity (Wildman–Crippen MR) is 106 cm³/mol. The molecule has 9 heteroatoms. The summed E-state index contributed by atoms with van der Waals surface area (Å²) in [6.45, 7) is 11.7. The molecule has 0 amide bonds. The van der Waals surface area contributed by atoms with Crippen LogP contribution in [-0.4, -0.2) is 55.4 Å². The second-order valence-corrected chi connectivity index (χ2v) is 14.9. The highest BCUT2D eigenvalue weighted by molar-refractivity contribution is 6.73. The van der Waals surface area contributed by atoms with E-state index in [-0.39, 0.29) is 12.8 Å². The standard InChI is InChI=1S/C21H32O8Si/c1-7-30(8-2,9-3)29-14-15(23)27-17-21(14)19(16(24)28-17)11-13(22)26-12(19)10-20(21,25)18(4,5)6/h12,14,17,25H,7-11H2,1-6H3/t12-,14-,17?,19?,20+,21?/m0/s1. The molecule has 4 rings (SSSR count). The first kappa shape index (κ1) is 21.8. The minimum atomic E-state index is -2.36. The Labute approximate surface area is 177 Å². The monoisotopic (exact) mass is 440 g/mol. The van der Waals surface area contributed by atoms with Crippen LogP contribution in [0, 0.1) is 16.2 Å². The summed E-state index contributed by atoms with van der Waals surface area (Å²) in [5.74, 6) is -1.82. The minimum Gasteiger partial charge on any atom is -0.461 e. The second kappa shape index (κ2) is 6.29. The van der Waals surface area contributed by atoms with Gasteiger partial charge in [-0.2, -0.15) is 0 Å². The molecule has 3 saturated heterocycles. The van der Waals surface area contributed by atoms with Crippen LogP contribution in [-0.2, 0) is 33.0 Å². The molecule has 1 saturated carbocycles. The molecule has 0 aromatic rings. The van der Waals surface area contributed by atoms with E-state index >= 15 is 0 Å². The van der Waals surface area contributed by atoms with E-state index in [1.807, 2.05) is 41.5 Å². The van der Waals surface area contributed by atoms with Crippen molar-refractivity contribution in [2.75, 3.05) is 0 Å². The first-order chi connectivity index (χ1) is 13.9. The summed E-state index contributed by atoms with van der Waals surface area (Å²) in [4.78, 5) is 38.8. The van der Waals surface area contributed by atoms with Gasteiger partial charge >= 0.3 is 17.9 Å². The molecule has 2 spiro atoms. The highest BCUT2D eigenvalue weighted by Gasteiger charge is 2.93. The van der Waals surface area contributed by atoms with E-state index in [4.69, 9.17) is 18.6 Å². The van der Waals surface area contributed by atoms with Crippen LogP contribution in [0.15, 0.2) is 0 Å². The number of ether oxygens (including phenoxy) is 3. The summed E-state index contributed by atoms with van der Waals surface area (Å²) >= 11 is 0. The Morgan fingerprint density at radius 3 is 2.20 bits per heavy atom. The maximum absolute atomic E-state index is 13.3. The Balaban J connectivity index is 1.98. The Kier molecular flexibility index (Phi) is 4.57. The Morgan fingerprint density at radius 1 is 1.07 bits per heavy atom. The Bertz CT molecular complexity index is 793. The average molecular weight is 441 g/mol. The zero-order chi connectivity index (χ0) is 22.3. The van der Waals surface area contributed by atoms with Crippen LogP contribution in [0.1, 0.15) is 54.4 Å². The van der Waals surface area contributed by atoms with Crippen molar-refractivity contribution in [3.8, 4) is 0 Å². The van der Waals surface area contributed by atoms with Gasteiger partial charge in [-0.3, -0.25) is 9.59 Å². The molecule has 0 aromatic heterocycles. The maximum atomic E-state index is 13.3. The molecule has 0 bridgehead atoms. The van der Waals surface area contributed by atoms with E-state index < -0.39 is 66.6 Å². The molecule has 8 nitrogen and oxygen atoms in total. The van der Waals surface area contributed by atoms with Gasteiger partial charge in [-0.05, 0) is 23.5 Å². The van der Waals surface area contributed by atoms with Gasteiger partial charge in [-0.25, -0.2) is 4.79 Å². The largest absolute Gasteiger partial charge is 0.461 e. The van der Waals surface area contributed by atoms with Gasteiger partial charge in [0.15, 0.2) is 14.4 Å². The molecule has 6 atom stereocenters. The fraction of sp³-hybridized carbons (Fsp3) is 0.857. The van der Waals surface area contributed by atoms with Crippen molar-refractivity contribution < 1.29 is 38.1 Å². The highest BCUT2D eigenvalue weighted by atomic mass is 28.4. The molecule has 4 aliphatic rings. The number of carbonyl (C=O) groups excluding carboxylic acids is 3. The van der Waals surface area contributed by atoms with E-state index in [2.05, 4.69) is 0 Å². The third-order valence-electron chi connectivity index (χ3n) is 8.49. The van der Waals surface area contributed by atoms with Crippen molar-refractivity contribution in [1.82, 2.24) is 0 Å². The van der Waals surface area contributed by atoms with Crippen LogP contribution >= 0.6 is 0 Å². The van der Waals surface area contributed by atoms with Gasteiger partial charge in [-0.15, -0.1) is 0 Å². The van der Waals surface area contributed by atoms with E-state index in [0.29, 0.717) is 0 Å². The molecule has 168 valence electrons. The topological polar surface area (TPSA) is 108 Å². The summed E-state index contributed by atoms with van der Waals surface area (Å²) in [5.41, 5.74) is -5.40. The van der Waals surface area contributed by atoms with Gasteiger partial charge in [0.2, 0.25) is 0 Å². The smallest absolute Gasteiger partial charge is 0.338 e. The summed E-state index contributed by atoms with van der Waals surface area (Å²) in [7, 11) is -2.36. The number of rotatable bonds is 5. The molecule has 3 aliphatic heterocycles. The predicted octanol–water partition coefficient (Wildman–Crippen LogP) is 2.29. The van der Waals surface area contributed by atoms with Crippen LogP contribution in [0.3, 0.4) is 0 Å². The first-order valence-electron chi connectivity index (χ1n) is 10.9. The lowest BCUT2D eigenvalue weighted by atomic mass is 9.52. The maximum Gasteiger partial charge on any atom is 0.338 e. The van der Waals surface area contributed by atoms with Gasteiger partial charge in [0.25, 0.3) is 6.29 Å². The SMILES string of the molecule is CC[Si](CC)(CC)O[C@H]1C(=O)OC2OC(=O)C34CC(=O)O[C@H]3C[C@@](O)(C(C)(C)C)C214. The van der Waals surface area contributed by atoms with Crippen molar-refractivity contribution in [3.05, 3.63) is 0 Å². The van der Waals surface area contributed by atoms with Crippen LogP contribution in [0.4, 0.5) is 0 Å². The molecule has 0 radical (unpaired) electrons. The molecule has 4 fully saturated rings. The van der Waals surface area contributed by atoms with E-state index in [1.165, 1.54) is 0 Å². The third-order valence-corrected chi connectivity index (χ3v) is 13.1. The quantitative estimate of drug-likeness (QED) is 0.512. The molecule has 1 N–H and O–H groups in total. The van der Waals surface area contributed by atoms with Crippen LogP contribution in [0.2, 0.25) is 18.1 Å². The normalized spacial score (nSPS) is 42.5. The molecule has 0 aromatic carbocycles. The highest BCUT2D eigenvalue weighted by Crippen LogP contribution is 2.76. The zero-order valence-electron chi connectivity index (χ0n) is 18.6. The summed E-state index contributed by atoms with van der Waals surface area (Å²) in [5, 5.41) is 12.2. The molecule has 1 aliphatic carbocycles. The second-order valence-electron chi connectivity index (χ2n) is 10.2. The first-order valence-corrected chi connectivity index (χ1v) is 13.4. The number of aliphatic hydroxyl groups is 1. The van der Waals surface area contributed by atoms with Gasteiger partial charge < -0.3 is 23.7 Å². The lowest BCUT2D eigenvalue weighted by Crippen LogP contribution is -2.67. The summed E-state index contributed by atoms with van der Waals surface area (Å²) in [6.07, 6.45) is -3.59. The minimum absolute atomic E-state index is 0.0310. The fourth-order valence-electron chi connectivity index (χ4n) is 6.51. The molecular formula is C21H32O8Si. The lowest BCUT2D eigenvalue weighted by molar-refractivity contribution is -0.222. The van der Waals surface area contributed by atoms with E-state index in [9.17, 15) is 19.5 Å². The summed E-state index contributed by atoms with van der Waals surface area (Å²) in [6, 6.07) is 2.33. The van der Waals surface area contributed by atoms with Crippen molar-refractivity contribution in [3.63, 3.8) is 0 Å². The van der Waals surface area contributed by atoms with Gasteiger partial charge in [0, 0.05) is 6.42 Å². The number of carbonyl (C=O) groups is 3. The van der Waals surface area contributed by atoms with Crippen LogP contribution in [0.25, 0.3) is 0 Å². The Hall–Kier alpha value is -1.45. The molecule has 3 unspecified atom stereocenters. The zero-order valence-corrected chi connectivity index (χ0v) is 19.6. The molecular weight excluding hydrogens is 408 g/mol. The number of hydrogen-bond acceptors (Lipinski definition) is 8. The van der Waals surface area contributed by atoms with Gasteiger partial charge in [0.05, 0.1) is 12.0 Å². The third kappa shape index (κ3) is 2.16. The summed E-state index contributed by atoms with van der Waals surface area (Å²) < 4.78 is 23.3.